The van der Waals surface area contributed by atoms with Gasteiger partial charge in [0.05, 0.1) is 5.41 Å². The van der Waals surface area contributed by atoms with Crippen LogP contribution in [0.3, 0.4) is 0 Å². The van der Waals surface area contributed by atoms with Crippen LogP contribution < -0.4 is 0 Å². The van der Waals surface area contributed by atoms with Gasteiger partial charge in [0.25, 0.3) is 0 Å². The molecule has 0 aliphatic heterocycles. The van der Waals surface area contributed by atoms with Crippen LogP contribution in [0.25, 0.3) is 11.1 Å². The van der Waals surface area contributed by atoms with Crippen molar-refractivity contribution >= 4 is 23.5 Å². The van der Waals surface area contributed by atoms with E-state index in [2.05, 4.69) is 110 Å². The van der Waals surface area contributed by atoms with Gasteiger partial charge in [0, 0.05) is 9.79 Å². The van der Waals surface area contributed by atoms with Crippen molar-refractivity contribution in [3.05, 3.63) is 119 Å². The van der Waals surface area contributed by atoms with E-state index in [9.17, 15) is 0 Å². The van der Waals surface area contributed by atoms with E-state index < -0.39 is 0 Å². The molecule has 1 aliphatic rings. The molecule has 0 unspecified atom stereocenters. The first-order valence-electron chi connectivity index (χ1n) is 9.77. The molecule has 0 saturated carbocycles. The lowest BCUT2D eigenvalue weighted by Crippen LogP contribution is -2.28. The molecule has 4 aromatic rings. The van der Waals surface area contributed by atoms with Crippen LogP contribution in [-0.4, -0.2) is 12.5 Å². The van der Waals surface area contributed by atoms with Gasteiger partial charge >= 0.3 is 0 Å². The Kier molecular flexibility index (Phi) is 4.77. The Morgan fingerprint density at radius 2 is 0.862 bits per heavy atom. The SMILES string of the molecule is CSc1ccc(C2(c3ccc(SC)cc3)c3ccccc3-c3ccccc32)cc1. The van der Waals surface area contributed by atoms with Crippen LogP contribution >= 0.6 is 23.5 Å². The van der Waals surface area contributed by atoms with Crippen molar-refractivity contribution in [3.8, 4) is 11.1 Å². The maximum Gasteiger partial charge on any atom is 0.0713 e. The number of hydrogen-bond acceptors (Lipinski definition) is 2. The zero-order valence-corrected chi connectivity index (χ0v) is 18.2. The van der Waals surface area contributed by atoms with Crippen LogP contribution in [0.4, 0.5) is 0 Å². The lowest BCUT2D eigenvalue weighted by molar-refractivity contribution is 0.766. The second kappa shape index (κ2) is 7.44. The molecule has 0 amide bonds. The highest BCUT2D eigenvalue weighted by molar-refractivity contribution is 7.98. The Morgan fingerprint density at radius 1 is 0.483 bits per heavy atom. The molecule has 0 radical (unpaired) electrons. The summed E-state index contributed by atoms with van der Waals surface area (Å²) in [6.07, 6.45) is 4.26. The molecule has 0 nitrogen and oxygen atoms in total. The molecule has 0 aromatic heterocycles. The number of benzene rings is 4. The molecule has 142 valence electrons. The monoisotopic (exact) mass is 410 g/mol. The van der Waals surface area contributed by atoms with Gasteiger partial charge in [-0.25, -0.2) is 0 Å². The summed E-state index contributed by atoms with van der Waals surface area (Å²) in [4.78, 5) is 2.59. The number of thioether (sulfide) groups is 2. The molecule has 0 atom stereocenters. The zero-order chi connectivity index (χ0) is 19.8. The molecule has 0 N–H and O–H groups in total. The molecule has 1 aliphatic carbocycles. The highest BCUT2D eigenvalue weighted by atomic mass is 32.2. The second-order valence-electron chi connectivity index (χ2n) is 7.30. The van der Waals surface area contributed by atoms with Crippen LogP contribution in [0.2, 0.25) is 0 Å². The number of fused-ring (bicyclic) bond motifs is 3. The topological polar surface area (TPSA) is 0 Å². The molecule has 2 heteroatoms. The number of rotatable bonds is 4. The lowest BCUT2D eigenvalue weighted by Gasteiger charge is -2.34. The summed E-state index contributed by atoms with van der Waals surface area (Å²) < 4.78 is 0. The van der Waals surface area contributed by atoms with E-state index in [1.807, 2.05) is 0 Å². The quantitative estimate of drug-likeness (QED) is 0.281. The first kappa shape index (κ1) is 18.6. The van der Waals surface area contributed by atoms with Crippen molar-refractivity contribution in [1.82, 2.24) is 0 Å². The normalized spacial score (nSPS) is 13.7. The van der Waals surface area contributed by atoms with Gasteiger partial charge in [-0.05, 0) is 70.2 Å². The summed E-state index contributed by atoms with van der Waals surface area (Å²) in [5.41, 5.74) is 7.78. The Balaban J connectivity index is 1.88. The third-order valence-electron chi connectivity index (χ3n) is 6.00. The van der Waals surface area contributed by atoms with E-state index in [0.29, 0.717) is 0 Å². The Labute approximate surface area is 181 Å². The second-order valence-corrected chi connectivity index (χ2v) is 9.06. The molecule has 0 saturated heterocycles. The fourth-order valence-electron chi connectivity index (χ4n) is 4.71. The standard InChI is InChI=1S/C27H22S2/c1-28-21-15-11-19(12-16-21)27(20-13-17-22(29-2)18-14-20)25-9-5-3-7-23(25)24-8-4-6-10-26(24)27/h3-18H,1-2H3. The van der Waals surface area contributed by atoms with Crippen LogP contribution in [0.15, 0.2) is 107 Å². The first-order chi connectivity index (χ1) is 14.3. The van der Waals surface area contributed by atoms with E-state index in [4.69, 9.17) is 0 Å². The van der Waals surface area contributed by atoms with Crippen molar-refractivity contribution in [2.45, 2.75) is 15.2 Å². The average molecular weight is 411 g/mol. The van der Waals surface area contributed by atoms with Crippen molar-refractivity contribution in [3.63, 3.8) is 0 Å². The molecule has 0 fully saturated rings. The van der Waals surface area contributed by atoms with Crippen LogP contribution in [0.5, 0.6) is 0 Å². The van der Waals surface area contributed by atoms with Crippen molar-refractivity contribution in [1.29, 1.82) is 0 Å². The third kappa shape index (κ3) is 2.78. The highest BCUT2D eigenvalue weighted by Gasteiger charge is 2.45. The maximum atomic E-state index is 2.31. The van der Waals surface area contributed by atoms with Gasteiger partial charge in [-0.2, -0.15) is 0 Å². The summed E-state index contributed by atoms with van der Waals surface area (Å²) >= 11 is 3.58. The number of hydrogen-bond donors (Lipinski definition) is 0. The minimum Gasteiger partial charge on any atom is -0.130 e. The average Bonchev–Trinajstić information content (AvgIpc) is 3.11. The van der Waals surface area contributed by atoms with E-state index >= 15 is 0 Å². The highest BCUT2D eigenvalue weighted by Crippen LogP contribution is 2.56. The third-order valence-corrected chi connectivity index (χ3v) is 7.49. The summed E-state index contributed by atoms with van der Waals surface area (Å²) in [5.74, 6) is 0. The molecule has 0 heterocycles. The lowest BCUT2D eigenvalue weighted by atomic mass is 9.68. The minimum atomic E-state index is -0.291. The maximum absolute atomic E-state index is 2.31. The smallest absolute Gasteiger partial charge is 0.0713 e. The Morgan fingerprint density at radius 3 is 1.24 bits per heavy atom. The summed E-state index contributed by atoms with van der Waals surface area (Å²) in [5, 5.41) is 0. The van der Waals surface area contributed by atoms with Gasteiger partial charge in [-0.3, -0.25) is 0 Å². The molecule has 5 rings (SSSR count). The van der Waals surface area contributed by atoms with Crippen LogP contribution in [0, 0.1) is 0 Å². The largest absolute Gasteiger partial charge is 0.130 e. The summed E-state index contributed by atoms with van der Waals surface area (Å²) in [6, 6.07) is 36.1. The van der Waals surface area contributed by atoms with E-state index in [0.717, 1.165) is 0 Å². The van der Waals surface area contributed by atoms with Gasteiger partial charge in [0.15, 0.2) is 0 Å². The molecule has 0 spiro atoms. The van der Waals surface area contributed by atoms with Gasteiger partial charge in [-0.15, -0.1) is 23.5 Å². The Bertz CT molecular complexity index is 1060. The first-order valence-corrected chi connectivity index (χ1v) is 12.2. The van der Waals surface area contributed by atoms with Crippen molar-refractivity contribution < 1.29 is 0 Å². The molecule has 4 aromatic carbocycles. The Hall–Kier alpha value is -2.42. The molecular weight excluding hydrogens is 388 g/mol. The predicted molar refractivity (Wildman–Crippen MR) is 127 cm³/mol. The van der Waals surface area contributed by atoms with Gasteiger partial charge in [-0.1, -0.05) is 72.8 Å². The molecule has 0 bridgehead atoms. The molecular formula is C27H22S2. The fraction of sp³-hybridized carbons (Fsp3) is 0.111. The van der Waals surface area contributed by atoms with Crippen molar-refractivity contribution in [2.24, 2.45) is 0 Å². The predicted octanol–water partition coefficient (Wildman–Crippen LogP) is 7.49. The van der Waals surface area contributed by atoms with Crippen molar-refractivity contribution in [2.75, 3.05) is 12.5 Å². The van der Waals surface area contributed by atoms with Gasteiger partial charge in [0.1, 0.15) is 0 Å². The van der Waals surface area contributed by atoms with Gasteiger partial charge < -0.3 is 0 Å². The molecule has 29 heavy (non-hydrogen) atoms. The zero-order valence-electron chi connectivity index (χ0n) is 16.6. The van der Waals surface area contributed by atoms with E-state index in [1.54, 1.807) is 23.5 Å². The van der Waals surface area contributed by atoms with E-state index in [1.165, 1.54) is 43.2 Å². The van der Waals surface area contributed by atoms with E-state index in [-0.39, 0.29) is 5.41 Å². The minimum absolute atomic E-state index is 0.291. The fourth-order valence-corrected chi connectivity index (χ4v) is 5.52. The summed E-state index contributed by atoms with van der Waals surface area (Å²) in [7, 11) is 0. The van der Waals surface area contributed by atoms with Crippen LogP contribution in [-0.2, 0) is 5.41 Å². The summed E-state index contributed by atoms with van der Waals surface area (Å²) in [6.45, 7) is 0. The van der Waals surface area contributed by atoms with Gasteiger partial charge in [0.2, 0.25) is 0 Å². The van der Waals surface area contributed by atoms with Crippen LogP contribution in [0.1, 0.15) is 22.3 Å².